The predicted octanol–water partition coefficient (Wildman–Crippen LogP) is 3.91. The van der Waals surface area contributed by atoms with Crippen molar-refractivity contribution in [1.29, 1.82) is 0 Å². The maximum Gasteiger partial charge on any atom is 0.230 e. The summed E-state index contributed by atoms with van der Waals surface area (Å²) in [7, 11) is 0. The molecule has 0 radical (unpaired) electrons. The maximum absolute atomic E-state index is 13.5. The van der Waals surface area contributed by atoms with Crippen LogP contribution < -0.4 is 9.80 Å². The summed E-state index contributed by atoms with van der Waals surface area (Å²) in [5, 5.41) is 13.6. The van der Waals surface area contributed by atoms with Crippen molar-refractivity contribution in [2.75, 3.05) is 29.4 Å². The summed E-state index contributed by atoms with van der Waals surface area (Å²) in [4.78, 5) is 18.8. The van der Waals surface area contributed by atoms with Crippen molar-refractivity contribution >= 4 is 46.4 Å². The number of carbonyl (C=O) groups excluding carboxylic acids is 1. The molecule has 0 bridgehead atoms. The molecule has 2 aliphatic heterocycles. The van der Waals surface area contributed by atoms with Gasteiger partial charge in [0.05, 0.1) is 5.69 Å². The van der Waals surface area contributed by atoms with Crippen molar-refractivity contribution in [3.05, 3.63) is 41.7 Å². The van der Waals surface area contributed by atoms with E-state index in [4.69, 9.17) is 11.6 Å². The minimum absolute atomic E-state index is 0.0186. The van der Waals surface area contributed by atoms with Crippen molar-refractivity contribution in [3.8, 4) is 0 Å². The van der Waals surface area contributed by atoms with Gasteiger partial charge in [-0.1, -0.05) is 18.5 Å². The van der Waals surface area contributed by atoms with Crippen molar-refractivity contribution in [2.45, 2.75) is 36.3 Å². The van der Waals surface area contributed by atoms with Gasteiger partial charge in [0.2, 0.25) is 5.91 Å². The van der Waals surface area contributed by atoms with Crippen LogP contribution in [0.4, 0.5) is 11.5 Å². The van der Waals surface area contributed by atoms with E-state index in [9.17, 15) is 4.79 Å². The number of hydrogen-bond acceptors (Lipinski definition) is 6. The Balaban J connectivity index is 1.31. The Kier molecular flexibility index (Phi) is 5.28. The number of thioether (sulfide) groups is 1. The number of nitrogens with zero attached hydrogens (tertiary/aromatic N) is 6. The number of halogens is 1. The first kappa shape index (κ1) is 19.6. The lowest BCUT2D eigenvalue weighted by Gasteiger charge is -2.34. The third-order valence-electron chi connectivity index (χ3n) is 5.88. The first-order valence-corrected chi connectivity index (χ1v) is 11.5. The van der Waals surface area contributed by atoms with Gasteiger partial charge in [-0.25, -0.2) is 0 Å². The third-order valence-corrected chi connectivity index (χ3v) is 7.35. The van der Waals surface area contributed by atoms with E-state index in [0.717, 1.165) is 60.9 Å². The molecule has 0 saturated carbocycles. The normalized spacial score (nSPS) is 20.3. The molecule has 1 aromatic carbocycles. The largest absolute Gasteiger partial charge is 0.355 e. The summed E-state index contributed by atoms with van der Waals surface area (Å²) in [5.41, 5.74) is 1.69. The van der Waals surface area contributed by atoms with Gasteiger partial charge in [0.1, 0.15) is 12.1 Å². The van der Waals surface area contributed by atoms with Crippen LogP contribution in [0, 0.1) is 5.92 Å². The number of hydrogen-bond donors (Lipinski definition) is 0. The molecule has 1 fully saturated rings. The standard InChI is InChI=1S/C21H23ClN6OS/c1-14-6-11-27(17-12-16(22)2-3-18(17)30-14)21(29)15-7-9-26(10-8-15)20-5-4-19-24-23-13-28(19)25-20/h2-5,12-15H,6-11H2,1H3. The summed E-state index contributed by atoms with van der Waals surface area (Å²) in [5.74, 6) is 1.13. The van der Waals surface area contributed by atoms with E-state index in [1.807, 2.05) is 47.0 Å². The molecule has 0 spiro atoms. The maximum atomic E-state index is 13.5. The van der Waals surface area contributed by atoms with Crippen LogP contribution in [0.5, 0.6) is 0 Å². The average molecular weight is 443 g/mol. The predicted molar refractivity (Wildman–Crippen MR) is 119 cm³/mol. The van der Waals surface area contributed by atoms with E-state index in [1.165, 1.54) is 0 Å². The SMILES string of the molecule is CC1CCN(C(=O)C2CCN(c3ccc4nncn4n3)CC2)c2cc(Cl)ccc2S1. The highest BCUT2D eigenvalue weighted by Gasteiger charge is 2.32. The van der Waals surface area contributed by atoms with Crippen molar-refractivity contribution in [1.82, 2.24) is 19.8 Å². The van der Waals surface area contributed by atoms with Crippen molar-refractivity contribution in [2.24, 2.45) is 5.92 Å². The van der Waals surface area contributed by atoms with Gasteiger partial charge in [0.15, 0.2) is 5.65 Å². The monoisotopic (exact) mass is 442 g/mol. The molecule has 2 aromatic heterocycles. The van der Waals surface area contributed by atoms with Crippen LogP contribution in [-0.2, 0) is 4.79 Å². The smallest absolute Gasteiger partial charge is 0.230 e. The summed E-state index contributed by atoms with van der Waals surface area (Å²) < 4.78 is 1.68. The van der Waals surface area contributed by atoms with E-state index < -0.39 is 0 Å². The number of amides is 1. The average Bonchev–Trinajstić information content (AvgIpc) is 3.17. The van der Waals surface area contributed by atoms with Crippen LogP contribution in [0.15, 0.2) is 41.6 Å². The van der Waals surface area contributed by atoms with E-state index in [-0.39, 0.29) is 11.8 Å². The van der Waals surface area contributed by atoms with Crippen molar-refractivity contribution < 1.29 is 4.79 Å². The number of rotatable bonds is 2. The van der Waals surface area contributed by atoms with Gasteiger partial charge in [-0.3, -0.25) is 4.79 Å². The lowest BCUT2D eigenvalue weighted by molar-refractivity contribution is -0.123. The molecular weight excluding hydrogens is 420 g/mol. The Hall–Kier alpha value is -2.32. The lowest BCUT2D eigenvalue weighted by Crippen LogP contribution is -2.43. The van der Waals surface area contributed by atoms with Gasteiger partial charge < -0.3 is 9.80 Å². The lowest BCUT2D eigenvalue weighted by atomic mass is 9.94. The highest BCUT2D eigenvalue weighted by molar-refractivity contribution is 8.00. The summed E-state index contributed by atoms with van der Waals surface area (Å²) >= 11 is 8.10. The van der Waals surface area contributed by atoms with Crippen LogP contribution in [0.3, 0.4) is 0 Å². The molecule has 1 amide bonds. The minimum Gasteiger partial charge on any atom is -0.355 e. The van der Waals surface area contributed by atoms with Gasteiger partial charge in [-0.15, -0.1) is 27.1 Å². The summed E-state index contributed by atoms with van der Waals surface area (Å²) in [6.45, 7) is 4.57. The number of aromatic nitrogens is 4. The molecule has 0 aliphatic carbocycles. The molecule has 2 aliphatic rings. The van der Waals surface area contributed by atoms with Crippen LogP contribution in [0.25, 0.3) is 5.65 Å². The highest BCUT2D eigenvalue weighted by atomic mass is 35.5. The van der Waals surface area contributed by atoms with Crippen LogP contribution in [0.1, 0.15) is 26.2 Å². The van der Waals surface area contributed by atoms with Gasteiger partial charge in [-0.05, 0) is 49.6 Å². The Labute approximate surface area is 184 Å². The zero-order valence-corrected chi connectivity index (χ0v) is 18.3. The fraction of sp³-hybridized carbons (Fsp3) is 0.429. The van der Waals surface area contributed by atoms with Crippen LogP contribution in [-0.4, -0.2) is 50.6 Å². The molecular formula is C21H23ClN6OS. The molecule has 9 heteroatoms. The molecule has 3 aromatic rings. The van der Waals surface area contributed by atoms with E-state index in [2.05, 4.69) is 27.1 Å². The molecule has 1 atom stereocenters. The van der Waals surface area contributed by atoms with E-state index in [1.54, 1.807) is 10.8 Å². The molecule has 4 heterocycles. The molecule has 5 rings (SSSR count). The topological polar surface area (TPSA) is 66.6 Å². The molecule has 30 heavy (non-hydrogen) atoms. The number of piperidine rings is 1. The quantitative estimate of drug-likeness (QED) is 0.599. The Morgan fingerprint density at radius 2 is 1.97 bits per heavy atom. The Morgan fingerprint density at radius 1 is 1.13 bits per heavy atom. The zero-order chi connectivity index (χ0) is 20.7. The van der Waals surface area contributed by atoms with Crippen molar-refractivity contribution in [3.63, 3.8) is 0 Å². The number of fused-ring (bicyclic) bond motifs is 2. The molecule has 1 saturated heterocycles. The van der Waals surface area contributed by atoms with Gasteiger partial charge >= 0.3 is 0 Å². The summed E-state index contributed by atoms with van der Waals surface area (Å²) in [6, 6.07) is 9.78. The van der Waals surface area contributed by atoms with E-state index >= 15 is 0 Å². The fourth-order valence-electron chi connectivity index (χ4n) is 4.20. The minimum atomic E-state index is 0.0186. The second-order valence-corrected chi connectivity index (χ2v) is 9.82. The summed E-state index contributed by atoms with van der Waals surface area (Å²) in [6.07, 6.45) is 4.21. The number of benzene rings is 1. The zero-order valence-electron chi connectivity index (χ0n) is 16.7. The first-order valence-electron chi connectivity index (χ1n) is 10.3. The fourth-order valence-corrected chi connectivity index (χ4v) is 5.46. The third kappa shape index (κ3) is 3.74. The van der Waals surface area contributed by atoms with Crippen LogP contribution >= 0.6 is 23.4 Å². The van der Waals surface area contributed by atoms with E-state index in [0.29, 0.717) is 10.3 Å². The molecule has 1 unspecified atom stereocenters. The van der Waals surface area contributed by atoms with Gasteiger partial charge in [0, 0.05) is 40.7 Å². The Bertz CT molecular complexity index is 1080. The molecule has 0 N–H and O–H groups in total. The molecule has 156 valence electrons. The second kappa shape index (κ2) is 8.07. The Morgan fingerprint density at radius 3 is 2.80 bits per heavy atom. The van der Waals surface area contributed by atoms with Gasteiger partial charge in [-0.2, -0.15) is 4.52 Å². The first-order chi connectivity index (χ1) is 14.6. The second-order valence-electron chi connectivity index (χ2n) is 7.91. The number of anilines is 2. The molecule has 7 nitrogen and oxygen atoms in total. The number of carbonyl (C=O) groups is 1. The highest BCUT2D eigenvalue weighted by Crippen LogP contribution is 2.40. The van der Waals surface area contributed by atoms with Gasteiger partial charge in [0.25, 0.3) is 0 Å². The van der Waals surface area contributed by atoms with Crippen LogP contribution in [0.2, 0.25) is 5.02 Å².